The fraction of sp³-hybridized carbons (Fsp3) is 0.182. The number of hydrogen-bond donors (Lipinski definition) is 2. The fourth-order valence-corrected chi connectivity index (χ4v) is 2.79. The van der Waals surface area contributed by atoms with Gasteiger partial charge < -0.3 is 20.1 Å². The average molecular weight is 377 g/mol. The Labute approximate surface area is 164 Å². The van der Waals surface area contributed by atoms with E-state index in [-0.39, 0.29) is 5.91 Å². The van der Waals surface area contributed by atoms with Crippen molar-refractivity contribution < 1.29 is 14.3 Å². The molecule has 0 spiro atoms. The van der Waals surface area contributed by atoms with Gasteiger partial charge in [0, 0.05) is 6.07 Å². The van der Waals surface area contributed by atoms with Crippen molar-refractivity contribution in [2.75, 3.05) is 24.9 Å². The molecule has 0 bridgehead atoms. The Hall–Kier alpha value is -3.54. The number of aromatic nitrogens is 1. The largest absolute Gasteiger partial charge is 0.497 e. The summed E-state index contributed by atoms with van der Waals surface area (Å²) in [6.45, 7) is 2.01. The van der Waals surface area contributed by atoms with Crippen LogP contribution in [0.1, 0.15) is 11.1 Å². The van der Waals surface area contributed by atoms with E-state index in [0.29, 0.717) is 29.4 Å². The number of hydrogen-bond acceptors (Lipinski definition) is 5. The van der Waals surface area contributed by atoms with E-state index < -0.39 is 0 Å². The predicted octanol–water partition coefficient (Wildman–Crippen LogP) is 4.33. The molecular formula is C22H23N3O3. The maximum Gasteiger partial charge on any atom is 0.228 e. The first-order chi connectivity index (χ1) is 13.6. The molecule has 28 heavy (non-hydrogen) atoms. The molecule has 1 amide bonds. The van der Waals surface area contributed by atoms with Gasteiger partial charge in [0.05, 0.1) is 38.2 Å². The standard InChI is InChI=1S/C22H23N3O3/c1-15-5-4-6-16(11-15)12-22(26)24-17-7-10-21(23-14-17)25-19-9-8-18(27-2)13-20(19)28-3/h4-11,13-14H,12H2,1-3H3,(H,23,25)(H,24,26). The second kappa shape index (κ2) is 8.90. The van der Waals surface area contributed by atoms with E-state index in [9.17, 15) is 4.79 Å². The molecule has 0 saturated heterocycles. The van der Waals surface area contributed by atoms with E-state index in [1.807, 2.05) is 43.3 Å². The molecule has 0 fully saturated rings. The number of nitrogens with one attached hydrogen (secondary N) is 2. The molecule has 2 N–H and O–H groups in total. The van der Waals surface area contributed by atoms with Gasteiger partial charge in [-0.05, 0) is 36.8 Å². The molecule has 0 saturated carbocycles. The predicted molar refractivity (Wildman–Crippen MR) is 111 cm³/mol. The third kappa shape index (κ3) is 5.01. The highest BCUT2D eigenvalue weighted by Crippen LogP contribution is 2.31. The molecule has 0 atom stereocenters. The lowest BCUT2D eigenvalue weighted by Gasteiger charge is -2.12. The van der Waals surface area contributed by atoms with Crippen molar-refractivity contribution in [1.82, 2.24) is 4.98 Å². The van der Waals surface area contributed by atoms with Crippen LogP contribution >= 0.6 is 0 Å². The highest BCUT2D eigenvalue weighted by molar-refractivity contribution is 5.92. The number of amides is 1. The number of benzene rings is 2. The summed E-state index contributed by atoms with van der Waals surface area (Å²) >= 11 is 0. The van der Waals surface area contributed by atoms with E-state index in [2.05, 4.69) is 15.6 Å². The molecule has 3 rings (SSSR count). The normalized spacial score (nSPS) is 10.2. The molecule has 3 aromatic rings. The van der Waals surface area contributed by atoms with Crippen LogP contribution in [-0.4, -0.2) is 25.1 Å². The average Bonchev–Trinajstić information content (AvgIpc) is 2.69. The number of carbonyl (C=O) groups is 1. The second-order valence-corrected chi connectivity index (χ2v) is 6.34. The van der Waals surface area contributed by atoms with E-state index in [1.165, 1.54) is 0 Å². The lowest BCUT2D eigenvalue weighted by atomic mass is 10.1. The first-order valence-corrected chi connectivity index (χ1v) is 8.88. The number of rotatable bonds is 7. The van der Waals surface area contributed by atoms with Crippen molar-refractivity contribution in [3.63, 3.8) is 0 Å². The maximum atomic E-state index is 12.2. The molecule has 1 heterocycles. The lowest BCUT2D eigenvalue weighted by molar-refractivity contribution is -0.115. The maximum absolute atomic E-state index is 12.2. The van der Waals surface area contributed by atoms with Gasteiger partial charge in [0.15, 0.2) is 0 Å². The van der Waals surface area contributed by atoms with Gasteiger partial charge in [-0.25, -0.2) is 4.98 Å². The zero-order valence-electron chi connectivity index (χ0n) is 16.2. The van der Waals surface area contributed by atoms with Crippen molar-refractivity contribution in [1.29, 1.82) is 0 Å². The van der Waals surface area contributed by atoms with Crippen LogP contribution < -0.4 is 20.1 Å². The smallest absolute Gasteiger partial charge is 0.228 e. The van der Waals surface area contributed by atoms with Gasteiger partial charge in [-0.2, -0.15) is 0 Å². The zero-order valence-corrected chi connectivity index (χ0v) is 16.2. The van der Waals surface area contributed by atoms with Gasteiger partial charge in [0.2, 0.25) is 5.91 Å². The molecule has 6 nitrogen and oxygen atoms in total. The van der Waals surface area contributed by atoms with Gasteiger partial charge in [0.25, 0.3) is 0 Å². The second-order valence-electron chi connectivity index (χ2n) is 6.34. The molecule has 6 heteroatoms. The minimum Gasteiger partial charge on any atom is -0.497 e. The van der Waals surface area contributed by atoms with E-state index in [0.717, 1.165) is 16.8 Å². The number of carbonyl (C=O) groups excluding carboxylic acids is 1. The number of ether oxygens (including phenoxy) is 2. The molecule has 0 aliphatic heterocycles. The van der Waals surface area contributed by atoms with E-state index in [4.69, 9.17) is 9.47 Å². The molecule has 0 unspecified atom stereocenters. The zero-order chi connectivity index (χ0) is 19.9. The molecule has 0 radical (unpaired) electrons. The van der Waals surface area contributed by atoms with Gasteiger partial charge in [-0.15, -0.1) is 0 Å². The van der Waals surface area contributed by atoms with Crippen molar-refractivity contribution in [2.24, 2.45) is 0 Å². The monoisotopic (exact) mass is 377 g/mol. The number of methoxy groups -OCH3 is 2. The van der Waals surface area contributed by atoms with E-state index >= 15 is 0 Å². The highest BCUT2D eigenvalue weighted by atomic mass is 16.5. The number of aryl methyl sites for hydroxylation is 1. The fourth-order valence-electron chi connectivity index (χ4n) is 2.79. The molecule has 1 aromatic heterocycles. The molecule has 0 aliphatic carbocycles. The van der Waals surface area contributed by atoms with Crippen LogP contribution in [0.15, 0.2) is 60.8 Å². The quantitative estimate of drug-likeness (QED) is 0.641. The van der Waals surface area contributed by atoms with Crippen LogP contribution in [0.25, 0.3) is 0 Å². The lowest BCUT2D eigenvalue weighted by Crippen LogP contribution is -2.14. The van der Waals surface area contributed by atoms with Crippen LogP contribution in [0.2, 0.25) is 0 Å². The Morgan fingerprint density at radius 3 is 2.57 bits per heavy atom. The summed E-state index contributed by atoms with van der Waals surface area (Å²) in [6.07, 6.45) is 1.94. The van der Waals surface area contributed by atoms with E-state index in [1.54, 1.807) is 38.6 Å². The van der Waals surface area contributed by atoms with Crippen LogP contribution in [0.5, 0.6) is 11.5 Å². The minimum absolute atomic E-state index is 0.0788. The Morgan fingerprint density at radius 1 is 1.04 bits per heavy atom. The Kier molecular flexibility index (Phi) is 6.11. The highest BCUT2D eigenvalue weighted by Gasteiger charge is 2.08. The summed E-state index contributed by atoms with van der Waals surface area (Å²) in [7, 11) is 3.20. The summed E-state index contributed by atoms with van der Waals surface area (Å²) in [4.78, 5) is 16.6. The summed E-state index contributed by atoms with van der Waals surface area (Å²) < 4.78 is 10.6. The van der Waals surface area contributed by atoms with Gasteiger partial charge in [-0.3, -0.25) is 4.79 Å². The molecule has 0 aliphatic rings. The first-order valence-electron chi connectivity index (χ1n) is 8.88. The Bertz CT molecular complexity index is 955. The number of pyridine rings is 1. The summed E-state index contributed by atoms with van der Waals surface area (Å²) in [5.74, 6) is 1.92. The Morgan fingerprint density at radius 2 is 1.89 bits per heavy atom. The number of nitrogens with zero attached hydrogens (tertiary/aromatic N) is 1. The van der Waals surface area contributed by atoms with Crippen LogP contribution in [-0.2, 0) is 11.2 Å². The van der Waals surface area contributed by atoms with Crippen LogP contribution in [0.4, 0.5) is 17.2 Å². The van der Waals surface area contributed by atoms with Crippen LogP contribution in [0.3, 0.4) is 0 Å². The third-order valence-electron chi connectivity index (χ3n) is 4.17. The Balaban J connectivity index is 1.63. The summed E-state index contributed by atoms with van der Waals surface area (Å²) in [6, 6.07) is 17.0. The summed E-state index contributed by atoms with van der Waals surface area (Å²) in [5.41, 5.74) is 3.53. The van der Waals surface area contributed by atoms with Crippen molar-refractivity contribution >= 4 is 23.1 Å². The van der Waals surface area contributed by atoms with Crippen molar-refractivity contribution in [2.45, 2.75) is 13.3 Å². The van der Waals surface area contributed by atoms with Gasteiger partial charge in [0.1, 0.15) is 17.3 Å². The minimum atomic E-state index is -0.0788. The third-order valence-corrected chi connectivity index (χ3v) is 4.17. The van der Waals surface area contributed by atoms with Gasteiger partial charge >= 0.3 is 0 Å². The summed E-state index contributed by atoms with van der Waals surface area (Å²) in [5, 5.41) is 6.07. The molecule has 144 valence electrons. The molecular weight excluding hydrogens is 354 g/mol. The van der Waals surface area contributed by atoms with Crippen molar-refractivity contribution in [3.05, 3.63) is 71.9 Å². The molecule has 2 aromatic carbocycles. The van der Waals surface area contributed by atoms with Crippen molar-refractivity contribution in [3.8, 4) is 11.5 Å². The SMILES string of the molecule is COc1ccc(Nc2ccc(NC(=O)Cc3cccc(C)c3)cn2)c(OC)c1. The first kappa shape index (κ1) is 19.2. The number of anilines is 3. The topological polar surface area (TPSA) is 72.5 Å². The van der Waals surface area contributed by atoms with Gasteiger partial charge in [-0.1, -0.05) is 29.8 Å². The van der Waals surface area contributed by atoms with Crippen LogP contribution in [0, 0.1) is 6.92 Å².